The Morgan fingerprint density at radius 3 is 1.69 bits per heavy atom. The fourth-order valence-corrected chi connectivity index (χ4v) is 8.80. The molecule has 258 valence electrons. The monoisotopic (exact) mass is 756 g/mol. The molecule has 0 amide bonds. The summed E-state index contributed by atoms with van der Waals surface area (Å²) in [5.41, 5.74) is 17.1. The molecular formula is C51H37BrN2. The van der Waals surface area contributed by atoms with Crippen molar-refractivity contribution in [1.82, 2.24) is 4.57 Å². The van der Waals surface area contributed by atoms with Crippen LogP contribution in [0.3, 0.4) is 0 Å². The van der Waals surface area contributed by atoms with E-state index >= 15 is 0 Å². The molecule has 0 spiro atoms. The molecule has 10 rings (SSSR count). The van der Waals surface area contributed by atoms with Gasteiger partial charge < -0.3 is 9.47 Å². The molecule has 8 aromatic carbocycles. The predicted octanol–water partition coefficient (Wildman–Crippen LogP) is 14.7. The molecule has 0 radical (unpaired) electrons. The van der Waals surface area contributed by atoms with Gasteiger partial charge in [-0.3, -0.25) is 0 Å². The Morgan fingerprint density at radius 2 is 0.963 bits per heavy atom. The van der Waals surface area contributed by atoms with E-state index in [9.17, 15) is 0 Å². The molecule has 0 bridgehead atoms. The van der Waals surface area contributed by atoms with Crippen LogP contribution >= 0.6 is 15.9 Å². The Hall–Kier alpha value is -6.16. The van der Waals surface area contributed by atoms with Crippen molar-refractivity contribution < 1.29 is 0 Å². The second-order valence-corrected chi connectivity index (χ2v) is 15.7. The van der Waals surface area contributed by atoms with Gasteiger partial charge in [0.05, 0.1) is 11.0 Å². The van der Waals surface area contributed by atoms with Crippen molar-refractivity contribution in [3.8, 4) is 39.1 Å². The van der Waals surface area contributed by atoms with E-state index in [1.165, 1.54) is 72.0 Å². The first-order valence-corrected chi connectivity index (χ1v) is 19.3. The number of fused-ring (bicyclic) bond motifs is 6. The van der Waals surface area contributed by atoms with Gasteiger partial charge in [0.1, 0.15) is 0 Å². The van der Waals surface area contributed by atoms with Gasteiger partial charge in [-0.15, -0.1) is 0 Å². The summed E-state index contributed by atoms with van der Waals surface area (Å²) in [5.74, 6) is 0. The third-order valence-corrected chi connectivity index (χ3v) is 11.8. The highest BCUT2D eigenvalue weighted by Gasteiger charge is 2.35. The first-order valence-electron chi connectivity index (χ1n) is 18.5. The van der Waals surface area contributed by atoms with Crippen molar-refractivity contribution in [2.75, 3.05) is 4.90 Å². The summed E-state index contributed by atoms with van der Waals surface area (Å²) in [4.78, 5) is 2.39. The quantitative estimate of drug-likeness (QED) is 0.164. The zero-order chi connectivity index (χ0) is 36.4. The van der Waals surface area contributed by atoms with Gasteiger partial charge in [0.25, 0.3) is 0 Å². The molecule has 0 fully saturated rings. The van der Waals surface area contributed by atoms with Crippen molar-refractivity contribution in [1.29, 1.82) is 0 Å². The smallest absolute Gasteiger partial charge is 0.0541 e. The number of rotatable bonds is 6. The van der Waals surface area contributed by atoms with Crippen LogP contribution in [0.4, 0.5) is 17.1 Å². The first-order chi connectivity index (χ1) is 26.4. The van der Waals surface area contributed by atoms with Crippen LogP contribution in [0.2, 0.25) is 0 Å². The van der Waals surface area contributed by atoms with Gasteiger partial charge in [-0.05, 0) is 123 Å². The molecule has 3 heteroatoms. The van der Waals surface area contributed by atoms with Crippen LogP contribution in [0.15, 0.2) is 193 Å². The summed E-state index contributed by atoms with van der Waals surface area (Å²) in [7, 11) is 0. The molecule has 1 aliphatic carbocycles. The van der Waals surface area contributed by atoms with Crippen molar-refractivity contribution >= 4 is 54.8 Å². The van der Waals surface area contributed by atoms with Crippen molar-refractivity contribution in [3.63, 3.8) is 0 Å². The highest BCUT2D eigenvalue weighted by atomic mass is 79.9. The van der Waals surface area contributed by atoms with Gasteiger partial charge in [0.2, 0.25) is 0 Å². The number of nitrogens with zero attached hydrogens (tertiary/aromatic N) is 2. The van der Waals surface area contributed by atoms with Crippen LogP contribution in [-0.2, 0) is 5.41 Å². The maximum absolute atomic E-state index is 3.58. The fourth-order valence-electron chi connectivity index (χ4n) is 8.53. The molecule has 0 saturated carbocycles. The molecular weight excluding hydrogens is 720 g/mol. The molecule has 54 heavy (non-hydrogen) atoms. The maximum atomic E-state index is 3.58. The van der Waals surface area contributed by atoms with Gasteiger partial charge in [0.15, 0.2) is 0 Å². The van der Waals surface area contributed by atoms with E-state index in [4.69, 9.17) is 0 Å². The topological polar surface area (TPSA) is 8.17 Å². The molecule has 1 aromatic heterocycles. The molecule has 9 aromatic rings. The number of para-hydroxylation sites is 2. The Labute approximate surface area is 324 Å². The van der Waals surface area contributed by atoms with Crippen LogP contribution in [0, 0.1) is 0 Å². The third kappa shape index (κ3) is 5.30. The fraction of sp³-hybridized carbons (Fsp3) is 0.0588. The molecule has 2 nitrogen and oxygen atoms in total. The molecule has 0 saturated heterocycles. The largest absolute Gasteiger partial charge is 0.310 e. The van der Waals surface area contributed by atoms with E-state index in [0.29, 0.717) is 0 Å². The van der Waals surface area contributed by atoms with Gasteiger partial charge in [-0.25, -0.2) is 0 Å². The second kappa shape index (κ2) is 12.8. The Morgan fingerprint density at radius 1 is 0.426 bits per heavy atom. The minimum Gasteiger partial charge on any atom is -0.310 e. The second-order valence-electron chi connectivity index (χ2n) is 14.8. The summed E-state index contributed by atoms with van der Waals surface area (Å²) in [6, 6.07) is 68.6. The zero-order valence-corrected chi connectivity index (χ0v) is 31.8. The van der Waals surface area contributed by atoms with E-state index in [-0.39, 0.29) is 5.41 Å². The molecule has 0 unspecified atom stereocenters. The summed E-state index contributed by atoms with van der Waals surface area (Å²) in [5, 5.41) is 2.51. The minimum absolute atomic E-state index is 0.0921. The lowest BCUT2D eigenvalue weighted by Crippen LogP contribution is -2.16. The van der Waals surface area contributed by atoms with Crippen molar-refractivity contribution in [2.24, 2.45) is 0 Å². The van der Waals surface area contributed by atoms with Gasteiger partial charge in [-0.1, -0.05) is 139 Å². The number of halogens is 1. The van der Waals surface area contributed by atoms with Gasteiger partial charge in [-0.2, -0.15) is 0 Å². The Balaban J connectivity index is 1.07. The standard InChI is InChI=1S/C51H37BrN2/c1-51(2)47-14-8-6-12-43(47)44-30-29-42(33-48(44)51)53(40-25-18-35(19-26-40)34-16-23-38(52)24-17-34)41-27-20-36(21-28-41)37-22-31-50-46(32-37)45-13-7-9-15-49(45)54(50)39-10-4-3-5-11-39/h3-33H,1-2H3. The summed E-state index contributed by atoms with van der Waals surface area (Å²) < 4.78 is 3.45. The predicted molar refractivity (Wildman–Crippen MR) is 232 cm³/mol. The summed E-state index contributed by atoms with van der Waals surface area (Å²) >= 11 is 3.58. The summed E-state index contributed by atoms with van der Waals surface area (Å²) in [6.07, 6.45) is 0. The van der Waals surface area contributed by atoms with Gasteiger partial charge >= 0.3 is 0 Å². The lowest BCUT2D eigenvalue weighted by molar-refractivity contribution is 0.660. The minimum atomic E-state index is -0.0921. The number of hydrogen-bond acceptors (Lipinski definition) is 1. The number of aromatic nitrogens is 1. The Kier molecular flexibility index (Phi) is 7.67. The number of hydrogen-bond donors (Lipinski definition) is 0. The lowest BCUT2D eigenvalue weighted by atomic mass is 9.82. The van der Waals surface area contributed by atoms with Crippen LogP contribution in [0.5, 0.6) is 0 Å². The van der Waals surface area contributed by atoms with E-state index in [0.717, 1.165) is 21.5 Å². The summed E-state index contributed by atoms with van der Waals surface area (Å²) in [6.45, 7) is 4.70. The van der Waals surface area contributed by atoms with Crippen LogP contribution in [0.1, 0.15) is 25.0 Å². The van der Waals surface area contributed by atoms with E-state index in [2.05, 4.69) is 227 Å². The highest BCUT2D eigenvalue weighted by Crippen LogP contribution is 2.50. The van der Waals surface area contributed by atoms with Crippen LogP contribution < -0.4 is 4.90 Å². The number of anilines is 3. The lowest BCUT2D eigenvalue weighted by Gasteiger charge is -2.28. The third-order valence-electron chi connectivity index (χ3n) is 11.3. The molecule has 0 N–H and O–H groups in total. The van der Waals surface area contributed by atoms with Crippen LogP contribution in [-0.4, -0.2) is 4.57 Å². The average Bonchev–Trinajstić information content (AvgIpc) is 3.67. The molecule has 0 atom stereocenters. The normalized spacial score (nSPS) is 12.9. The SMILES string of the molecule is CC1(C)c2ccccc2-c2ccc(N(c3ccc(-c4ccc(Br)cc4)cc3)c3ccc(-c4ccc5c(c4)c4ccccc4n5-c4ccccc4)cc3)cc21. The molecule has 1 heterocycles. The molecule has 1 aliphatic rings. The zero-order valence-electron chi connectivity index (χ0n) is 30.2. The van der Waals surface area contributed by atoms with Crippen LogP contribution in [0.25, 0.3) is 60.9 Å². The molecule has 0 aliphatic heterocycles. The highest BCUT2D eigenvalue weighted by molar-refractivity contribution is 9.10. The van der Waals surface area contributed by atoms with E-state index < -0.39 is 0 Å². The van der Waals surface area contributed by atoms with Crippen molar-refractivity contribution in [2.45, 2.75) is 19.3 Å². The average molecular weight is 758 g/mol. The van der Waals surface area contributed by atoms with Gasteiger partial charge in [0, 0.05) is 43.4 Å². The maximum Gasteiger partial charge on any atom is 0.0541 e. The Bertz CT molecular complexity index is 2830. The van der Waals surface area contributed by atoms with Crippen molar-refractivity contribution in [3.05, 3.63) is 204 Å². The van der Waals surface area contributed by atoms with E-state index in [1.54, 1.807) is 0 Å². The first kappa shape index (κ1) is 32.5. The van der Waals surface area contributed by atoms with E-state index in [1.807, 2.05) is 0 Å². The number of benzene rings is 8.